The summed E-state index contributed by atoms with van der Waals surface area (Å²) in [7, 11) is 0. The molecule has 0 saturated heterocycles. The first kappa shape index (κ1) is 76.8. The van der Waals surface area contributed by atoms with Crippen LogP contribution in [0, 0.1) is 0 Å². The minimum Gasteiger partial charge on any atom is -0.309 e. The van der Waals surface area contributed by atoms with Crippen LogP contribution < -0.4 is 0 Å². The molecule has 0 fully saturated rings. The van der Waals surface area contributed by atoms with Crippen LogP contribution in [0.1, 0.15) is 0 Å². The van der Waals surface area contributed by atoms with Crippen LogP contribution in [-0.4, -0.2) is 38.2 Å². The molecular formula is C124H72N8S4. The molecule has 0 spiro atoms. The zero-order valence-electron chi connectivity index (χ0n) is 72.8. The van der Waals surface area contributed by atoms with Crippen LogP contribution in [0.3, 0.4) is 0 Å². The van der Waals surface area contributed by atoms with E-state index in [4.69, 9.17) is 0 Å². The van der Waals surface area contributed by atoms with E-state index in [9.17, 15) is 0 Å². The molecule has 32 aromatic rings. The van der Waals surface area contributed by atoms with Crippen molar-refractivity contribution in [2.45, 2.75) is 0 Å². The van der Waals surface area contributed by atoms with Gasteiger partial charge in [0.25, 0.3) is 0 Å². The molecule has 12 heteroatoms. The summed E-state index contributed by atoms with van der Waals surface area (Å²) in [6.07, 6.45) is 15.2. The van der Waals surface area contributed by atoms with Crippen molar-refractivity contribution in [1.29, 1.82) is 0 Å². The number of rotatable bonds is 4. The van der Waals surface area contributed by atoms with E-state index in [0.29, 0.717) is 0 Å². The summed E-state index contributed by atoms with van der Waals surface area (Å²) in [6.45, 7) is 0. The van der Waals surface area contributed by atoms with Gasteiger partial charge in [-0.05, 0) is 199 Å². The monoisotopic (exact) mass is 1800 g/mol. The zero-order valence-corrected chi connectivity index (χ0v) is 76.0. The van der Waals surface area contributed by atoms with E-state index in [1.807, 2.05) is 94.9 Å². The Hall–Kier alpha value is -16.8. The lowest BCUT2D eigenvalue weighted by Gasteiger charge is -2.12. The average molecular weight is 1800 g/mol. The van der Waals surface area contributed by atoms with E-state index < -0.39 is 0 Å². The number of aromatic nitrogens is 8. The number of pyridine rings is 4. The lowest BCUT2D eigenvalue weighted by atomic mass is 9.99. The van der Waals surface area contributed by atoms with Gasteiger partial charge in [0, 0.05) is 214 Å². The fraction of sp³-hybridized carbons (Fsp3) is 0. The normalized spacial score (nSPS) is 12.1. The second kappa shape index (κ2) is 30.4. The van der Waals surface area contributed by atoms with Crippen LogP contribution in [-0.2, 0) is 0 Å². The summed E-state index contributed by atoms with van der Waals surface area (Å²) in [5.74, 6) is 0. The molecule has 0 aliphatic carbocycles. The minimum atomic E-state index is 1.16. The SMILES string of the molecule is c1ccc2c(c1)ccc1c2c2ccc3c4ccccc4sc3c2n1-c1ccc2cnccc2c1.c1ccc2c(c1)sc1c2c2ccccc2c2c1c1ccccc1n2-c1ccc2cnccc2c1.c1ccc2c(c1)sc1c2c2ccccc2c2c3ccccc3n(-c3ccc4cnccc4c3)c12.c1ccc2cc3c(cc2c1)c1cc2sc4ccccc4c2cc1n3-c1ccc2cnccc2c1. The highest BCUT2D eigenvalue weighted by Gasteiger charge is 2.27. The van der Waals surface area contributed by atoms with Gasteiger partial charge in [-0.2, -0.15) is 0 Å². The van der Waals surface area contributed by atoms with E-state index >= 15 is 0 Å². The topological polar surface area (TPSA) is 71.3 Å². The molecule has 0 amide bonds. The standard InChI is InChI=1S/4C31H18N2S/c1-2-8-23-22(7-1)28-25-10-4-6-12-27(25)34-31(28)29-24-9-3-5-11-26(24)33(30(23)29)21-14-13-20-18-32-16-15-19(20)17-21;1-2-8-23-22(7-1)28-24-9-3-5-11-26(24)33(21-14-13-20-18-32-16-15-19(20)17-21)30(28)31-29(23)25-10-4-6-12-27(25)34-31;1-2-6-23-19(5-1)10-14-27-29(23)26-13-12-25-24-7-3-4-8-28(24)34-31(25)30(26)33(27)22-11-9-21-18-32-16-15-20(21)17-22;1-2-6-20-15-28-25(14-19(20)5-1)26-17-31-27(24-7-3-4-8-30(24)34-31)16-29(26)33(28)23-10-9-22-18-32-12-11-21(22)13-23/h4*1-18H. The molecule has 632 valence electrons. The van der Waals surface area contributed by atoms with Crippen LogP contribution in [0.5, 0.6) is 0 Å². The first-order valence-electron chi connectivity index (χ1n) is 45.9. The summed E-state index contributed by atoms with van der Waals surface area (Å²) in [5, 5.41) is 41.0. The number of benzene rings is 20. The molecule has 0 bridgehead atoms. The van der Waals surface area contributed by atoms with Gasteiger partial charge in [0.1, 0.15) is 0 Å². The van der Waals surface area contributed by atoms with Gasteiger partial charge in [0.15, 0.2) is 0 Å². The predicted molar refractivity (Wildman–Crippen MR) is 586 cm³/mol. The number of thiophene rings is 4. The Kier molecular flexibility index (Phi) is 17.1. The van der Waals surface area contributed by atoms with Gasteiger partial charge in [-0.1, -0.05) is 249 Å². The highest BCUT2D eigenvalue weighted by atomic mass is 32.1. The third-order valence-electron chi connectivity index (χ3n) is 28.1. The van der Waals surface area contributed by atoms with E-state index in [0.717, 1.165) is 21.5 Å². The lowest BCUT2D eigenvalue weighted by molar-refractivity contribution is 1.19. The molecule has 0 radical (unpaired) electrons. The molecule has 0 unspecified atom stereocenters. The summed E-state index contributed by atoms with van der Waals surface area (Å²) in [5.41, 5.74) is 14.8. The van der Waals surface area contributed by atoms with Crippen molar-refractivity contribution < 1.29 is 0 Å². The Bertz CT molecular complexity index is 10600. The Morgan fingerprint density at radius 1 is 0.154 bits per heavy atom. The molecule has 0 aliphatic rings. The molecule has 136 heavy (non-hydrogen) atoms. The second-order valence-electron chi connectivity index (χ2n) is 35.4. The molecule has 0 saturated carbocycles. The molecule has 0 N–H and O–H groups in total. The van der Waals surface area contributed by atoms with Gasteiger partial charge < -0.3 is 18.3 Å². The van der Waals surface area contributed by atoms with Crippen LogP contribution in [0.4, 0.5) is 0 Å². The van der Waals surface area contributed by atoms with E-state index in [1.54, 1.807) is 0 Å². The quantitative estimate of drug-likeness (QED) is 0.176. The molecular weight excluding hydrogens is 1730 g/mol. The van der Waals surface area contributed by atoms with Crippen molar-refractivity contribution in [3.63, 3.8) is 0 Å². The molecule has 12 heterocycles. The van der Waals surface area contributed by atoms with Gasteiger partial charge >= 0.3 is 0 Å². The number of hydrogen-bond acceptors (Lipinski definition) is 8. The van der Waals surface area contributed by atoms with Crippen molar-refractivity contribution in [3.8, 4) is 22.7 Å². The van der Waals surface area contributed by atoms with Gasteiger partial charge in [-0.3, -0.25) is 19.9 Å². The molecule has 0 aliphatic heterocycles. The van der Waals surface area contributed by atoms with Crippen LogP contribution in [0.15, 0.2) is 438 Å². The first-order valence-corrected chi connectivity index (χ1v) is 49.1. The summed E-state index contributed by atoms with van der Waals surface area (Å²) >= 11 is 7.59. The largest absolute Gasteiger partial charge is 0.309 e. The average Bonchev–Trinajstić information content (AvgIpc) is 1.54. The van der Waals surface area contributed by atoms with Gasteiger partial charge in [0.05, 0.1) is 53.5 Å². The molecule has 8 nitrogen and oxygen atoms in total. The summed E-state index contributed by atoms with van der Waals surface area (Å²) < 4.78 is 20.6. The third kappa shape index (κ3) is 11.7. The van der Waals surface area contributed by atoms with Crippen molar-refractivity contribution in [2.75, 3.05) is 0 Å². The maximum atomic E-state index is 4.30. The Balaban J connectivity index is 0.0000000879. The maximum absolute atomic E-state index is 4.30. The smallest absolute Gasteiger partial charge is 0.0726 e. The van der Waals surface area contributed by atoms with Crippen molar-refractivity contribution >= 4 is 299 Å². The van der Waals surface area contributed by atoms with Crippen LogP contribution in [0.2, 0.25) is 0 Å². The van der Waals surface area contributed by atoms with Crippen molar-refractivity contribution in [2.24, 2.45) is 0 Å². The maximum Gasteiger partial charge on any atom is 0.0726 e. The molecule has 0 atom stereocenters. The van der Waals surface area contributed by atoms with Crippen molar-refractivity contribution in [1.82, 2.24) is 38.2 Å². The zero-order chi connectivity index (χ0) is 88.9. The Labute approximate surface area is 791 Å². The number of fused-ring (bicyclic) bond motifs is 40. The lowest BCUT2D eigenvalue weighted by Crippen LogP contribution is -1.94. The van der Waals surface area contributed by atoms with E-state index in [-0.39, 0.29) is 0 Å². The highest BCUT2D eigenvalue weighted by Crippen LogP contribution is 2.53. The summed E-state index contributed by atoms with van der Waals surface area (Å²) in [6, 6.07) is 142. The summed E-state index contributed by atoms with van der Waals surface area (Å²) in [4.78, 5) is 17.2. The van der Waals surface area contributed by atoms with E-state index in [1.165, 1.54) is 255 Å². The highest BCUT2D eigenvalue weighted by molar-refractivity contribution is 7.28. The number of hydrogen-bond donors (Lipinski definition) is 0. The Morgan fingerprint density at radius 2 is 0.529 bits per heavy atom. The van der Waals surface area contributed by atoms with Gasteiger partial charge in [-0.15, -0.1) is 45.3 Å². The first-order chi connectivity index (χ1) is 67.5. The fourth-order valence-electron chi connectivity index (χ4n) is 22.1. The third-order valence-corrected chi connectivity index (χ3v) is 32.8. The molecule has 12 aromatic heterocycles. The Morgan fingerprint density at radius 3 is 1.10 bits per heavy atom. The predicted octanol–water partition coefficient (Wildman–Crippen LogP) is 35.4. The minimum absolute atomic E-state index is 1.16. The van der Waals surface area contributed by atoms with Crippen molar-refractivity contribution in [3.05, 3.63) is 438 Å². The van der Waals surface area contributed by atoms with Crippen LogP contribution in [0.25, 0.3) is 277 Å². The molecule has 20 aromatic carbocycles. The van der Waals surface area contributed by atoms with Crippen LogP contribution >= 0.6 is 45.3 Å². The number of para-hydroxylation sites is 2. The second-order valence-corrected chi connectivity index (χ2v) is 39.7. The fourth-order valence-corrected chi connectivity index (χ4v) is 27.0. The number of nitrogens with zero attached hydrogens (tertiary/aromatic N) is 8. The van der Waals surface area contributed by atoms with E-state index in [2.05, 4.69) is 426 Å². The molecule has 32 rings (SSSR count). The van der Waals surface area contributed by atoms with Gasteiger partial charge in [-0.25, -0.2) is 0 Å². The van der Waals surface area contributed by atoms with Gasteiger partial charge in [0.2, 0.25) is 0 Å².